The van der Waals surface area contributed by atoms with Gasteiger partial charge in [0.25, 0.3) is 0 Å². The first-order valence-corrected chi connectivity index (χ1v) is 6.39. The highest BCUT2D eigenvalue weighted by atomic mass is 79.9. The second-order valence-corrected chi connectivity index (χ2v) is 5.19. The summed E-state index contributed by atoms with van der Waals surface area (Å²) in [6.45, 7) is 0. The molecule has 0 saturated heterocycles. The summed E-state index contributed by atoms with van der Waals surface area (Å²) in [6.07, 6.45) is 8.16. The van der Waals surface area contributed by atoms with Crippen LogP contribution in [0.5, 0.6) is 0 Å². The van der Waals surface area contributed by atoms with E-state index < -0.39 is 0 Å². The van der Waals surface area contributed by atoms with E-state index in [1.807, 2.05) is 0 Å². The maximum Gasteiger partial charge on any atom is 0.209 e. The Morgan fingerprint density at radius 2 is 2.15 bits per heavy atom. The van der Waals surface area contributed by atoms with Gasteiger partial charge in [0.2, 0.25) is 4.73 Å². The first kappa shape index (κ1) is 9.59. The maximum absolute atomic E-state index is 4.30. The first-order chi connectivity index (χ1) is 6.34. The summed E-state index contributed by atoms with van der Waals surface area (Å²) < 4.78 is 4.86. The van der Waals surface area contributed by atoms with Gasteiger partial charge >= 0.3 is 0 Å². The van der Waals surface area contributed by atoms with Crippen LogP contribution in [0.4, 0.5) is 0 Å². The predicted molar refractivity (Wildman–Crippen MR) is 57.9 cm³/mol. The highest BCUT2D eigenvalue weighted by Crippen LogP contribution is 2.28. The third-order valence-electron chi connectivity index (χ3n) is 2.68. The van der Waals surface area contributed by atoms with Crippen LogP contribution in [-0.2, 0) is 6.42 Å². The number of aryl methyl sites for hydroxylation is 1. The molecule has 1 aromatic heterocycles. The van der Waals surface area contributed by atoms with E-state index in [2.05, 4.69) is 25.3 Å². The second kappa shape index (κ2) is 4.51. The van der Waals surface area contributed by atoms with Gasteiger partial charge in [-0.3, -0.25) is 0 Å². The zero-order chi connectivity index (χ0) is 9.10. The molecular formula is C9H13BrN2S. The fourth-order valence-corrected chi connectivity index (χ4v) is 3.07. The average Bonchev–Trinajstić information content (AvgIpc) is 2.71. The van der Waals surface area contributed by atoms with Gasteiger partial charge in [-0.2, -0.15) is 4.37 Å². The highest BCUT2D eigenvalue weighted by molar-refractivity contribution is 9.10. The Bertz CT molecular complexity index is 268. The van der Waals surface area contributed by atoms with E-state index in [0.717, 1.165) is 17.1 Å². The minimum absolute atomic E-state index is 0.749. The summed E-state index contributed by atoms with van der Waals surface area (Å²) >= 11 is 4.80. The number of hydrogen-bond acceptors (Lipinski definition) is 3. The van der Waals surface area contributed by atoms with Crippen LogP contribution in [0.15, 0.2) is 4.73 Å². The van der Waals surface area contributed by atoms with Crippen LogP contribution in [0.3, 0.4) is 0 Å². The molecule has 2 nitrogen and oxygen atoms in total. The van der Waals surface area contributed by atoms with Crippen molar-refractivity contribution in [2.45, 2.75) is 38.5 Å². The molecule has 1 heterocycles. The average molecular weight is 261 g/mol. The van der Waals surface area contributed by atoms with Crippen LogP contribution in [-0.4, -0.2) is 9.36 Å². The predicted octanol–water partition coefficient (Wildman–Crippen LogP) is 3.42. The summed E-state index contributed by atoms with van der Waals surface area (Å²) in [6, 6.07) is 0. The molecule has 72 valence electrons. The molecule has 0 atom stereocenters. The van der Waals surface area contributed by atoms with E-state index in [9.17, 15) is 0 Å². The molecule has 0 spiro atoms. The normalized spacial score (nSPS) is 18.2. The van der Waals surface area contributed by atoms with E-state index >= 15 is 0 Å². The van der Waals surface area contributed by atoms with Crippen LogP contribution in [0, 0.1) is 5.92 Å². The largest absolute Gasteiger partial charge is 0.214 e. The Morgan fingerprint density at radius 1 is 1.38 bits per heavy atom. The fourth-order valence-electron chi connectivity index (χ4n) is 1.96. The van der Waals surface area contributed by atoms with E-state index in [1.165, 1.54) is 48.6 Å². The summed E-state index contributed by atoms with van der Waals surface area (Å²) in [5.74, 6) is 0.961. The maximum atomic E-state index is 4.30. The molecule has 0 unspecified atom stereocenters. The Hall–Kier alpha value is 0.0400. The number of rotatable bonds is 3. The molecule has 2 rings (SSSR count). The summed E-state index contributed by atoms with van der Waals surface area (Å²) in [4.78, 5) is 4.30. The molecule has 1 aromatic rings. The van der Waals surface area contributed by atoms with Gasteiger partial charge in [-0.25, -0.2) is 4.98 Å². The number of nitrogens with zero attached hydrogens (tertiary/aromatic N) is 2. The molecular weight excluding hydrogens is 248 g/mol. The third kappa shape index (κ3) is 2.74. The van der Waals surface area contributed by atoms with Gasteiger partial charge in [-0.15, -0.1) is 0 Å². The van der Waals surface area contributed by atoms with Crippen LogP contribution >= 0.6 is 27.5 Å². The van der Waals surface area contributed by atoms with Crippen molar-refractivity contribution in [1.29, 1.82) is 0 Å². The molecule has 1 aliphatic carbocycles. The van der Waals surface area contributed by atoms with Crippen molar-refractivity contribution in [3.8, 4) is 0 Å². The zero-order valence-corrected chi connectivity index (χ0v) is 9.90. The quantitative estimate of drug-likeness (QED) is 0.833. The number of hydrogen-bond donors (Lipinski definition) is 0. The molecule has 1 saturated carbocycles. The number of aromatic nitrogens is 2. The lowest BCUT2D eigenvalue weighted by Crippen LogP contribution is -1.95. The lowest BCUT2D eigenvalue weighted by atomic mass is 10.0. The molecule has 1 aliphatic rings. The van der Waals surface area contributed by atoms with E-state index in [1.54, 1.807) is 0 Å². The third-order valence-corrected chi connectivity index (χ3v) is 4.04. The number of halogens is 1. The molecule has 0 radical (unpaired) electrons. The second-order valence-electron chi connectivity index (χ2n) is 3.65. The molecule has 0 bridgehead atoms. The smallest absolute Gasteiger partial charge is 0.209 e. The lowest BCUT2D eigenvalue weighted by molar-refractivity contribution is 0.503. The molecule has 0 N–H and O–H groups in total. The van der Waals surface area contributed by atoms with Crippen LogP contribution in [0.25, 0.3) is 0 Å². The van der Waals surface area contributed by atoms with E-state index in [0.29, 0.717) is 0 Å². The van der Waals surface area contributed by atoms with Crippen molar-refractivity contribution in [1.82, 2.24) is 9.36 Å². The molecule has 1 fully saturated rings. The molecule has 0 amide bonds. The molecule has 0 aliphatic heterocycles. The van der Waals surface area contributed by atoms with Crippen molar-refractivity contribution in [3.63, 3.8) is 0 Å². The van der Waals surface area contributed by atoms with Crippen LogP contribution in [0.2, 0.25) is 0 Å². The lowest BCUT2D eigenvalue weighted by Gasteiger charge is -2.05. The van der Waals surface area contributed by atoms with Crippen LogP contribution < -0.4 is 0 Å². The van der Waals surface area contributed by atoms with E-state index in [4.69, 9.17) is 0 Å². The minimum Gasteiger partial charge on any atom is -0.214 e. The minimum atomic E-state index is 0.749. The highest BCUT2D eigenvalue weighted by Gasteiger charge is 2.15. The Morgan fingerprint density at radius 3 is 2.77 bits per heavy atom. The Kier molecular flexibility index (Phi) is 3.33. The van der Waals surface area contributed by atoms with Crippen molar-refractivity contribution in [2.24, 2.45) is 5.92 Å². The van der Waals surface area contributed by atoms with Gasteiger partial charge in [0, 0.05) is 6.42 Å². The van der Waals surface area contributed by atoms with Crippen LogP contribution in [0.1, 0.15) is 37.1 Å². The van der Waals surface area contributed by atoms with Gasteiger partial charge in [-0.05, 0) is 39.8 Å². The van der Waals surface area contributed by atoms with Gasteiger partial charge in [0.05, 0.1) is 0 Å². The van der Waals surface area contributed by atoms with Crippen molar-refractivity contribution >= 4 is 27.5 Å². The Balaban J connectivity index is 1.78. The summed E-state index contributed by atoms with van der Waals surface area (Å²) in [7, 11) is 0. The topological polar surface area (TPSA) is 25.8 Å². The molecule has 4 heteroatoms. The first-order valence-electron chi connectivity index (χ1n) is 4.82. The van der Waals surface area contributed by atoms with Gasteiger partial charge in [-0.1, -0.05) is 25.7 Å². The van der Waals surface area contributed by atoms with Crippen molar-refractivity contribution in [3.05, 3.63) is 9.74 Å². The zero-order valence-electron chi connectivity index (χ0n) is 7.50. The van der Waals surface area contributed by atoms with Gasteiger partial charge < -0.3 is 0 Å². The van der Waals surface area contributed by atoms with Crippen molar-refractivity contribution in [2.75, 3.05) is 0 Å². The fraction of sp³-hybridized carbons (Fsp3) is 0.778. The monoisotopic (exact) mass is 260 g/mol. The standard InChI is InChI=1S/C9H13BrN2S/c10-9-11-8(13-12-9)6-5-7-3-1-2-4-7/h7H,1-6H2. The van der Waals surface area contributed by atoms with Gasteiger partial charge in [0.1, 0.15) is 5.01 Å². The van der Waals surface area contributed by atoms with Crippen molar-refractivity contribution < 1.29 is 0 Å². The molecule has 0 aromatic carbocycles. The van der Waals surface area contributed by atoms with Gasteiger partial charge in [0.15, 0.2) is 0 Å². The summed E-state index contributed by atoms with van der Waals surface area (Å²) in [5.41, 5.74) is 0. The Labute approximate surface area is 91.1 Å². The summed E-state index contributed by atoms with van der Waals surface area (Å²) in [5, 5.41) is 1.18. The SMILES string of the molecule is Brc1nsc(CCC2CCCC2)n1. The van der Waals surface area contributed by atoms with E-state index in [-0.39, 0.29) is 0 Å². The molecule has 13 heavy (non-hydrogen) atoms.